The van der Waals surface area contributed by atoms with Crippen LogP contribution in [0, 0.1) is 11.8 Å². The smallest absolute Gasteiger partial charge is 0.471 e. The summed E-state index contributed by atoms with van der Waals surface area (Å²) >= 11 is 0. The van der Waals surface area contributed by atoms with Crippen LogP contribution in [0.4, 0.5) is 13.2 Å². The van der Waals surface area contributed by atoms with Crippen molar-refractivity contribution in [3.05, 3.63) is 83.9 Å². The topological polar surface area (TPSA) is 66.4 Å². The molecule has 4 nitrogen and oxygen atoms in total. The first-order chi connectivity index (χ1) is 13.2. The minimum Gasteiger partial charge on any atom is -0.480 e. The molecule has 0 saturated heterocycles. The number of halogens is 3. The van der Waals surface area contributed by atoms with Crippen LogP contribution >= 0.6 is 0 Å². The maximum atomic E-state index is 12.5. The van der Waals surface area contributed by atoms with Crippen LogP contribution in [-0.4, -0.2) is 29.2 Å². The molecule has 0 bridgehead atoms. The van der Waals surface area contributed by atoms with Gasteiger partial charge in [-0.15, -0.1) is 6.58 Å². The van der Waals surface area contributed by atoms with Crippen LogP contribution in [0.25, 0.3) is 0 Å². The highest BCUT2D eigenvalue weighted by molar-refractivity contribution is 5.87. The summed E-state index contributed by atoms with van der Waals surface area (Å²) in [6, 6.07) is 13.8. The number of nitrogens with one attached hydrogen (secondary N) is 1. The second-order valence-electron chi connectivity index (χ2n) is 5.79. The largest absolute Gasteiger partial charge is 0.480 e. The minimum absolute atomic E-state index is 0.384. The van der Waals surface area contributed by atoms with Gasteiger partial charge in [0.2, 0.25) is 0 Å². The number of alkyl halides is 3. The molecule has 0 aromatic heterocycles. The lowest BCUT2D eigenvalue weighted by Gasteiger charge is -2.23. The number of aliphatic carboxylic acids is 1. The fraction of sp³-hybridized carbons (Fsp3) is 0.143. The van der Waals surface area contributed by atoms with Crippen molar-refractivity contribution in [3.8, 4) is 11.8 Å². The van der Waals surface area contributed by atoms with E-state index in [9.17, 15) is 27.9 Å². The summed E-state index contributed by atoms with van der Waals surface area (Å²) in [7, 11) is 0. The molecule has 2 aromatic rings. The molecule has 0 radical (unpaired) electrons. The van der Waals surface area contributed by atoms with Gasteiger partial charge in [-0.05, 0) is 29.8 Å². The number of rotatable bonds is 5. The molecule has 2 rings (SSSR count). The monoisotopic (exact) mass is 387 g/mol. The number of carbonyl (C=O) groups excluding carboxylic acids is 1. The Hall–Kier alpha value is -3.53. The van der Waals surface area contributed by atoms with Gasteiger partial charge in [-0.1, -0.05) is 48.2 Å². The molecule has 0 heterocycles. The molecular formula is C21H16F3NO3. The van der Waals surface area contributed by atoms with Gasteiger partial charge in [0.15, 0.2) is 0 Å². The molecule has 0 unspecified atom stereocenters. The first-order valence-corrected chi connectivity index (χ1v) is 8.12. The number of hydrogen-bond donors (Lipinski definition) is 2. The average molecular weight is 387 g/mol. The predicted molar refractivity (Wildman–Crippen MR) is 97.4 cm³/mol. The van der Waals surface area contributed by atoms with Crippen molar-refractivity contribution >= 4 is 11.9 Å². The van der Waals surface area contributed by atoms with E-state index in [0.717, 1.165) is 5.56 Å². The fourth-order valence-electron chi connectivity index (χ4n) is 2.45. The molecule has 0 aliphatic rings. The summed E-state index contributed by atoms with van der Waals surface area (Å²) in [5, 5.41) is 10.8. The minimum atomic E-state index is -5.18. The summed E-state index contributed by atoms with van der Waals surface area (Å²) in [5.41, 5.74) is 1.84. The van der Waals surface area contributed by atoms with Crippen LogP contribution in [0.5, 0.6) is 0 Å². The zero-order valence-corrected chi connectivity index (χ0v) is 14.5. The highest BCUT2D eigenvalue weighted by Crippen LogP contribution is 2.24. The number of hydrogen-bond acceptors (Lipinski definition) is 2. The molecule has 0 spiro atoms. The Kier molecular flexibility index (Phi) is 6.61. The van der Waals surface area contributed by atoms with Crippen molar-refractivity contribution in [1.82, 2.24) is 5.32 Å². The second kappa shape index (κ2) is 8.91. The van der Waals surface area contributed by atoms with Crippen LogP contribution in [0.1, 0.15) is 22.6 Å². The molecule has 7 heteroatoms. The number of carboxylic acid groups (broad SMARTS) is 1. The lowest BCUT2D eigenvalue weighted by atomic mass is 9.90. The van der Waals surface area contributed by atoms with E-state index >= 15 is 0 Å². The van der Waals surface area contributed by atoms with E-state index in [-0.39, 0.29) is 0 Å². The summed E-state index contributed by atoms with van der Waals surface area (Å²) in [4.78, 5) is 22.6. The standard InChI is InChI=1S/C21H16F3NO3/c1-2-17(18(19(26)27)25-20(28)21(22,23)24)16-12-10-15(11-13-16)9-8-14-6-4-3-5-7-14/h2-7,10-13,17-18H,1H2,(H,25,28)(H,26,27)/t17-,18-/m0/s1. The highest BCUT2D eigenvalue weighted by Gasteiger charge is 2.42. The van der Waals surface area contributed by atoms with Crippen molar-refractivity contribution in [2.45, 2.75) is 18.1 Å². The first kappa shape index (κ1) is 20.8. The molecule has 0 aliphatic heterocycles. The first-order valence-electron chi connectivity index (χ1n) is 8.12. The van der Waals surface area contributed by atoms with E-state index < -0.39 is 30.0 Å². The molecule has 0 aliphatic carbocycles. The van der Waals surface area contributed by atoms with Crippen molar-refractivity contribution < 1.29 is 27.9 Å². The Labute approximate surface area is 159 Å². The summed E-state index contributed by atoms with van der Waals surface area (Å²) < 4.78 is 37.4. The lowest BCUT2D eigenvalue weighted by molar-refractivity contribution is -0.175. The molecule has 2 aromatic carbocycles. The lowest BCUT2D eigenvalue weighted by Crippen LogP contribution is -2.49. The van der Waals surface area contributed by atoms with E-state index in [1.807, 2.05) is 30.3 Å². The van der Waals surface area contributed by atoms with Crippen molar-refractivity contribution in [3.63, 3.8) is 0 Å². The Morgan fingerprint density at radius 3 is 2.00 bits per heavy atom. The van der Waals surface area contributed by atoms with Crippen molar-refractivity contribution in [1.29, 1.82) is 0 Å². The van der Waals surface area contributed by atoms with E-state index in [4.69, 9.17) is 0 Å². The molecule has 0 fully saturated rings. The van der Waals surface area contributed by atoms with Gasteiger partial charge in [0, 0.05) is 17.0 Å². The predicted octanol–water partition coefficient (Wildman–Crippen LogP) is 3.49. The molecule has 2 N–H and O–H groups in total. The fourth-order valence-corrected chi connectivity index (χ4v) is 2.45. The van der Waals surface area contributed by atoms with Crippen LogP contribution in [0.15, 0.2) is 67.3 Å². The third-order valence-electron chi connectivity index (χ3n) is 3.84. The van der Waals surface area contributed by atoms with E-state index in [2.05, 4.69) is 18.4 Å². The van der Waals surface area contributed by atoms with Gasteiger partial charge in [-0.25, -0.2) is 4.79 Å². The summed E-state index contributed by atoms with van der Waals surface area (Å²) in [5.74, 6) is 0.920. The molecule has 1 amide bonds. The third-order valence-corrected chi connectivity index (χ3v) is 3.84. The van der Waals surface area contributed by atoms with Gasteiger partial charge in [-0.3, -0.25) is 4.79 Å². The Balaban J connectivity index is 2.23. The zero-order chi connectivity index (χ0) is 20.7. The highest BCUT2D eigenvalue weighted by atomic mass is 19.4. The zero-order valence-electron chi connectivity index (χ0n) is 14.5. The van der Waals surface area contributed by atoms with E-state index in [1.54, 1.807) is 12.1 Å². The average Bonchev–Trinajstić information content (AvgIpc) is 2.67. The van der Waals surface area contributed by atoms with E-state index in [1.165, 1.54) is 23.5 Å². The van der Waals surface area contributed by atoms with Gasteiger partial charge in [0.1, 0.15) is 6.04 Å². The number of carboxylic acids is 1. The van der Waals surface area contributed by atoms with Crippen LogP contribution in [-0.2, 0) is 9.59 Å². The van der Waals surface area contributed by atoms with Gasteiger partial charge < -0.3 is 10.4 Å². The number of benzene rings is 2. The SMILES string of the molecule is C=C[C@@H](c1ccc(C#Cc2ccccc2)cc1)[C@H](NC(=O)C(F)(F)F)C(=O)O. The molecule has 144 valence electrons. The Morgan fingerprint density at radius 2 is 1.54 bits per heavy atom. The Bertz CT molecular complexity index is 910. The van der Waals surface area contributed by atoms with E-state index in [0.29, 0.717) is 11.1 Å². The van der Waals surface area contributed by atoms with Crippen molar-refractivity contribution in [2.75, 3.05) is 0 Å². The quantitative estimate of drug-likeness (QED) is 0.610. The molecular weight excluding hydrogens is 371 g/mol. The maximum absolute atomic E-state index is 12.5. The van der Waals surface area contributed by atoms with Gasteiger partial charge in [0.25, 0.3) is 0 Å². The van der Waals surface area contributed by atoms with Crippen LogP contribution in [0.2, 0.25) is 0 Å². The summed E-state index contributed by atoms with van der Waals surface area (Å²) in [6.07, 6.45) is -4.00. The molecule has 28 heavy (non-hydrogen) atoms. The molecule has 2 atom stereocenters. The van der Waals surface area contributed by atoms with Gasteiger partial charge in [-0.2, -0.15) is 13.2 Å². The van der Waals surface area contributed by atoms with Gasteiger partial charge >= 0.3 is 18.1 Å². The normalized spacial score (nSPS) is 12.8. The maximum Gasteiger partial charge on any atom is 0.471 e. The second-order valence-corrected chi connectivity index (χ2v) is 5.79. The summed E-state index contributed by atoms with van der Waals surface area (Å²) in [6.45, 7) is 3.48. The van der Waals surface area contributed by atoms with Gasteiger partial charge in [0.05, 0.1) is 0 Å². The number of amides is 1. The van der Waals surface area contributed by atoms with Crippen molar-refractivity contribution in [2.24, 2.45) is 0 Å². The van der Waals surface area contributed by atoms with Crippen LogP contribution < -0.4 is 5.32 Å². The Morgan fingerprint density at radius 1 is 1.00 bits per heavy atom. The molecule has 0 saturated carbocycles. The number of carbonyl (C=O) groups is 2. The third kappa shape index (κ3) is 5.48. The van der Waals surface area contributed by atoms with Crippen LogP contribution in [0.3, 0.4) is 0 Å².